The molecule has 0 spiro atoms. The zero-order valence-corrected chi connectivity index (χ0v) is 10.6. The molecule has 1 aromatic rings. The van der Waals surface area contributed by atoms with Crippen LogP contribution in [0.1, 0.15) is 37.8 Å². The highest BCUT2D eigenvalue weighted by atomic mass is 16.6. The molecular weight excluding hydrogens is 230 g/mol. The standard InChI is InChI=1S/C13H19N3O2/c1-9-7-12(13(17)18-9)16-6-2-3-10(8-16)11-4-5-14-15-11/h4-5,9-10,12H,2-3,6-8H2,1H3,(H,14,15)/t9-,10+,12-/m1/s1. The summed E-state index contributed by atoms with van der Waals surface area (Å²) < 4.78 is 5.25. The fraction of sp³-hybridized carbons (Fsp3) is 0.692. The number of carbonyl (C=O) groups excluding carboxylic acids is 1. The van der Waals surface area contributed by atoms with Gasteiger partial charge in [-0.3, -0.25) is 14.8 Å². The highest BCUT2D eigenvalue weighted by Crippen LogP contribution is 2.29. The van der Waals surface area contributed by atoms with Crippen molar-refractivity contribution in [2.24, 2.45) is 0 Å². The van der Waals surface area contributed by atoms with E-state index in [1.165, 1.54) is 5.69 Å². The summed E-state index contributed by atoms with van der Waals surface area (Å²) in [6.45, 7) is 3.89. The number of H-pyrrole nitrogens is 1. The molecular formula is C13H19N3O2. The van der Waals surface area contributed by atoms with Crippen LogP contribution < -0.4 is 0 Å². The van der Waals surface area contributed by atoms with Crippen molar-refractivity contribution < 1.29 is 9.53 Å². The van der Waals surface area contributed by atoms with Crippen molar-refractivity contribution in [3.05, 3.63) is 18.0 Å². The smallest absolute Gasteiger partial charge is 0.323 e. The first-order valence-corrected chi connectivity index (χ1v) is 6.68. The van der Waals surface area contributed by atoms with E-state index in [1.54, 1.807) is 6.20 Å². The molecule has 0 amide bonds. The number of rotatable bonds is 2. The Morgan fingerprint density at radius 3 is 3.11 bits per heavy atom. The molecule has 0 bridgehead atoms. The molecule has 0 unspecified atom stereocenters. The number of piperidine rings is 1. The van der Waals surface area contributed by atoms with Crippen LogP contribution in [0.3, 0.4) is 0 Å². The molecule has 2 aliphatic heterocycles. The third-order valence-electron chi connectivity index (χ3n) is 4.00. The second kappa shape index (κ2) is 4.72. The van der Waals surface area contributed by atoms with Crippen LogP contribution in [-0.4, -0.2) is 46.3 Å². The number of nitrogens with zero attached hydrogens (tertiary/aromatic N) is 2. The third kappa shape index (κ3) is 2.14. The van der Waals surface area contributed by atoms with Gasteiger partial charge in [0.05, 0.1) is 0 Å². The van der Waals surface area contributed by atoms with E-state index in [9.17, 15) is 4.79 Å². The van der Waals surface area contributed by atoms with Crippen molar-refractivity contribution >= 4 is 5.97 Å². The molecule has 5 heteroatoms. The van der Waals surface area contributed by atoms with Crippen LogP contribution in [0.25, 0.3) is 0 Å². The van der Waals surface area contributed by atoms with Gasteiger partial charge in [0.15, 0.2) is 0 Å². The summed E-state index contributed by atoms with van der Waals surface area (Å²) in [5.41, 5.74) is 1.18. The minimum Gasteiger partial charge on any atom is -0.461 e. The average Bonchev–Trinajstić information content (AvgIpc) is 2.99. The van der Waals surface area contributed by atoms with Crippen LogP contribution in [0.15, 0.2) is 12.3 Å². The molecule has 0 saturated carbocycles. The summed E-state index contributed by atoms with van der Waals surface area (Å²) >= 11 is 0. The average molecular weight is 249 g/mol. The maximum Gasteiger partial charge on any atom is 0.323 e. The number of esters is 1. The van der Waals surface area contributed by atoms with Crippen LogP contribution in [0.2, 0.25) is 0 Å². The van der Waals surface area contributed by atoms with E-state index < -0.39 is 0 Å². The Morgan fingerprint density at radius 1 is 1.56 bits per heavy atom. The first-order valence-electron chi connectivity index (χ1n) is 6.68. The number of aromatic amines is 1. The van der Waals surface area contributed by atoms with Crippen LogP contribution in [0, 0.1) is 0 Å². The van der Waals surface area contributed by atoms with Gasteiger partial charge in [-0.2, -0.15) is 5.10 Å². The van der Waals surface area contributed by atoms with Gasteiger partial charge in [0, 0.05) is 30.8 Å². The number of cyclic esters (lactones) is 1. The number of hydrogen-bond acceptors (Lipinski definition) is 4. The Morgan fingerprint density at radius 2 is 2.44 bits per heavy atom. The van der Waals surface area contributed by atoms with Crippen LogP contribution in [-0.2, 0) is 9.53 Å². The van der Waals surface area contributed by atoms with Gasteiger partial charge in [0.2, 0.25) is 0 Å². The lowest BCUT2D eigenvalue weighted by Gasteiger charge is -2.34. The van der Waals surface area contributed by atoms with E-state index in [1.807, 2.05) is 13.0 Å². The van der Waals surface area contributed by atoms with Gasteiger partial charge in [-0.25, -0.2) is 0 Å². The van der Waals surface area contributed by atoms with Gasteiger partial charge in [-0.1, -0.05) is 0 Å². The first-order chi connectivity index (χ1) is 8.74. The molecule has 3 rings (SSSR count). The van der Waals surface area contributed by atoms with E-state index in [0.29, 0.717) is 5.92 Å². The lowest BCUT2D eigenvalue weighted by atomic mass is 9.93. The molecule has 1 aromatic heterocycles. The van der Waals surface area contributed by atoms with Gasteiger partial charge in [0.1, 0.15) is 12.1 Å². The maximum absolute atomic E-state index is 11.8. The quantitative estimate of drug-likeness (QED) is 0.802. The molecule has 2 fully saturated rings. The summed E-state index contributed by atoms with van der Waals surface area (Å²) in [6.07, 6.45) is 4.97. The Labute approximate surface area is 107 Å². The normalized spacial score (nSPS) is 33.6. The number of likely N-dealkylation sites (tertiary alicyclic amines) is 1. The summed E-state index contributed by atoms with van der Waals surface area (Å²) in [5.74, 6) is 0.415. The third-order valence-corrected chi connectivity index (χ3v) is 4.00. The van der Waals surface area contributed by atoms with Crippen molar-refractivity contribution in [1.82, 2.24) is 15.1 Å². The Bertz CT molecular complexity index is 418. The van der Waals surface area contributed by atoms with Crippen molar-refractivity contribution in [1.29, 1.82) is 0 Å². The lowest BCUT2D eigenvalue weighted by Crippen LogP contribution is -2.44. The van der Waals surface area contributed by atoms with Gasteiger partial charge in [-0.05, 0) is 32.4 Å². The molecule has 5 nitrogen and oxygen atoms in total. The number of aromatic nitrogens is 2. The molecule has 0 aliphatic carbocycles. The van der Waals surface area contributed by atoms with Gasteiger partial charge < -0.3 is 4.74 Å². The van der Waals surface area contributed by atoms with Crippen molar-refractivity contribution in [2.45, 2.75) is 44.2 Å². The van der Waals surface area contributed by atoms with Gasteiger partial charge >= 0.3 is 5.97 Å². The SMILES string of the molecule is C[C@@H]1C[C@@H](N2CCC[C@H](c3ccn[nH]3)C2)C(=O)O1. The van der Waals surface area contributed by atoms with E-state index in [-0.39, 0.29) is 18.1 Å². The second-order valence-corrected chi connectivity index (χ2v) is 5.35. The van der Waals surface area contributed by atoms with Crippen LogP contribution >= 0.6 is 0 Å². The highest BCUT2D eigenvalue weighted by molar-refractivity contribution is 5.78. The van der Waals surface area contributed by atoms with Crippen molar-refractivity contribution in [3.63, 3.8) is 0 Å². The molecule has 3 heterocycles. The van der Waals surface area contributed by atoms with Gasteiger partial charge in [0.25, 0.3) is 0 Å². The first kappa shape index (κ1) is 11.7. The van der Waals surface area contributed by atoms with Gasteiger partial charge in [-0.15, -0.1) is 0 Å². The van der Waals surface area contributed by atoms with E-state index in [0.717, 1.165) is 32.4 Å². The molecule has 3 atom stereocenters. The molecule has 2 saturated heterocycles. The number of hydrogen-bond donors (Lipinski definition) is 1. The Balaban J connectivity index is 1.69. The monoisotopic (exact) mass is 249 g/mol. The number of carbonyl (C=O) groups is 1. The largest absolute Gasteiger partial charge is 0.461 e. The number of ether oxygens (including phenoxy) is 1. The summed E-state index contributed by atoms with van der Waals surface area (Å²) in [7, 11) is 0. The maximum atomic E-state index is 11.8. The Kier molecular flexibility index (Phi) is 3.07. The fourth-order valence-corrected chi connectivity index (χ4v) is 3.07. The predicted molar refractivity (Wildman–Crippen MR) is 66.1 cm³/mol. The lowest BCUT2D eigenvalue weighted by molar-refractivity contribution is -0.145. The summed E-state index contributed by atoms with van der Waals surface area (Å²) in [5, 5.41) is 7.06. The molecule has 1 N–H and O–H groups in total. The zero-order valence-electron chi connectivity index (χ0n) is 10.6. The second-order valence-electron chi connectivity index (χ2n) is 5.35. The molecule has 0 aromatic carbocycles. The minimum atomic E-state index is -0.0484. The Hall–Kier alpha value is -1.36. The minimum absolute atomic E-state index is 0.0364. The summed E-state index contributed by atoms with van der Waals surface area (Å²) in [4.78, 5) is 14.1. The molecule has 2 aliphatic rings. The van der Waals surface area contributed by atoms with E-state index in [2.05, 4.69) is 15.1 Å². The van der Waals surface area contributed by atoms with Crippen LogP contribution in [0.4, 0.5) is 0 Å². The van der Waals surface area contributed by atoms with Crippen LogP contribution in [0.5, 0.6) is 0 Å². The van der Waals surface area contributed by atoms with Crippen molar-refractivity contribution in [3.8, 4) is 0 Å². The molecule has 0 radical (unpaired) electrons. The summed E-state index contributed by atoms with van der Waals surface area (Å²) in [6, 6.07) is 2.00. The highest BCUT2D eigenvalue weighted by Gasteiger charge is 2.38. The predicted octanol–water partition coefficient (Wildman–Crippen LogP) is 1.29. The van der Waals surface area contributed by atoms with Crippen molar-refractivity contribution in [2.75, 3.05) is 13.1 Å². The van der Waals surface area contributed by atoms with E-state index in [4.69, 9.17) is 4.74 Å². The number of nitrogens with one attached hydrogen (secondary N) is 1. The topological polar surface area (TPSA) is 58.2 Å². The fourth-order valence-electron chi connectivity index (χ4n) is 3.07. The molecule has 18 heavy (non-hydrogen) atoms. The zero-order chi connectivity index (χ0) is 12.5. The molecule has 98 valence electrons. The van der Waals surface area contributed by atoms with E-state index >= 15 is 0 Å².